The molecule has 2 N–H and O–H groups in total. The first-order valence-corrected chi connectivity index (χ1v) is 9.90. The van der Waals surface area contributed by atoms with Gasteiger partial charge in [-0.05, 0) is 45.8 Å². The molecule has 0 aliphatic rings. The molecule has 0 saturated heterocycles. The molecule has 0 aromatic heterocycles. The molecule has 0 aliphatic carbocycles. The van der Waals surface area contributed by atoms with E-state index in [9.17, 15) is 9.90 Å². The number of ether oxygens (including phenoxy) is 1. The summed E-state index contributed by atoms with van der Waals surface area (Å²) in [6, 6.07) is 19.8. The molecule has 0 unspecified atom stereocenters. The first-order chi connectivity index (χ1) is 13.5. The van der Waals surface area contributed by atoms with E-state index in [1.54, 1.807) is 12.1 Å². The Hall–Kier alpha value is -2.64. The first-order valence-electron chi connectivity index (χ1n) is 8.32. The van der Waals surface area contributed by atoms with Crippen LogP contribution in [-0.4, -0.2) is 17.2 Å². The molecule has 0 radical (unpaired) electrons. The number of hydrazone groups is 1. The minimum absolute atomic E-state index is 0.104. The Morgan fingerprint density at radius 1 is 1.07 bits per heavy atom. The van der Waals surface area contributed by atoms with E-state index in [0.29, 0.717) is 17.9 Å². The first kappa shape index (κ1) is 20.1. The van der Waals surface area contributed by atoms with Crippen molar-refractivity contribution in [1.29, 1.82) is 0 Å². The molecule has 3 rings (SSSR count). The summed E-state index contributed by atoms with van der Waals surface area (Å²) in [5.41, 5.74) is 4.27. The number of carbonyl (C=O) groups excluding carboxylic acids is 1. The third kappa shape index (κ3) is 5.21. The fourth-order valence-corrected chi connectivity index (χ4v) is 3.82. The van der Waals surface area contributed by atoms with Gasteiger partial charge in [0.1, 0.15) is 18.1 Å². The molecule has 0 aliphatic heterocycles. The van der Waals surface area contributed by atoms with Crippen LogP contribution in [-0.2, 0) is 6.61 Å². The summed E-state index contributed by atoms with van der Waals surface area (Å²) < 4.78 is 7.55. The van der Waals surface area contributed by atoms with Crippen LogP contribution in [0.4, 0.5) is 0 Å². The maximum atomic E-state index is 12.2. The Balaban J connectivity index is 1.76. The zero-order valence-electron chi connectivity index (χ0n) is 14.6. The van der Waals surface area contributed by atoms with E-state index < -0.39 is 5.91 Å². The van der Waals surface area contributed by atoms with Crippen LogP contribution in [0.15, 0.2) is 80.8 Å². The summed E-state index contributed by atoms with van der Waals surface area (Å²) in [6.45, 7) is 0.395. The predicted molar refractivity (Wildman–Crippen MR) is 116 cm³/mol. The van der Waals surface area contributed by atoms with Gasteiger partial charge in [0.2, 0.25) is 0 Å². The number of amides is 1. The van der Waals surface area contributed by atoms with Crippen molar-refractivity contribution in [2.45, 2.75) is 6.61 Å². The third-order valence-electron chi connectivity index (χ3n) is 3.78. The summed E-state index contributed by atoms with van der Waals surface area (Å²) in [5.74, 6) is -0.00457. The normalized spacial score (nSPS) is 10.8. The number of carbonyl (C=O) groups is 1. The zero-order chi connectivity index (χ0) is 19.9. The number of hydrogen-bond acceptors (Lipinski definition) is 4. The molecule has 3 aromatic carbocycles. The molecule has 0 spiro atoms. The van der Waals surface area contributed by atoms with Gasteiger partial charge in [-0.25, -0.2) is 5.43 Å². The van der Waals surface area contributed by atoms with E-state index in [1.165, 1.54) is 18.3 Å². The lowest BCUT2D eigenvalue weighted by Gasteiger charge is -2.12. The quantitative estimate of drug-likeness (QED) is 0.356. The molecule has 1 amide bonds. The van der Waals surface area contributed by atoms with Crippen molar-refractivity contribution in [3.05, 3.63) is 92.4 Å². The molecule has 0 fully saturated rings. The zero-order valence-corrected chi connectivity index (χ0v) is 17.8. The maximum Gasteiger partial charge on any atom is 0.275 e. The lowest BCUT2D eigenvalue weighted by Crippen LogP contribution is -2.17. The molecule has 0 heterocycles. The molecule has 142 valence electrons. The van der Waals surface area contributed by atoms with Crippen molar-refractivity contribution in [3.63, 3.8) is 0 Å². The average Bonchev–Trinajstić information content (AvgIpc) is 2.68. The number of phenols is 1. The second-order valence-electron chi connectivity index (χ2n) is 5.80. The topological polar surface area (TPSA) is 70.9 Å². The highest BCUT2D eigenvalue weighted by molar-refractivity contribution is 9.11. The molecule has 3 aromatic rings. The molecular formula is C21H16Br2N2O3. The molecular weight excluding hydrogens is 488 g/mol. The molecule has 28 heavy (non-hydrogen) atoms. The number of aromatic hydroxyl groups is 1. The van der Waals surface area contributed by atoms with Crippen LogP contribution in [0.3, 0.4) is 0 Å². The molecule has 0 bridgehead atoms. The van der Waals surface area contributed by atoms with Crippen LogP contribution in [0.5, 0.6) is 11.5 Å². The number of phenolic OH excluding ortho intramolecular Hbond substituents is 1. The molecule has 0 saturated carbocycles. The highest BCUT2D eigenvalue weighted by Gasteiger charge is 2.11. The van der Waals surface area contributed by atoms with Crippen molar-refractivity contribution in [1.82, 2.24) is 5.43 Å². The largest absolute Gasteiger partial charge is 0.507 e. The second kappa shape index (κ2) is 9.52. The van der Waals surface area contributed by atoms with Gasteiger partial charge in [-0.1, -0.05) is 58.4 Å². The van der Waals surface area contributed by atoms with Crippen LogP contribution in [0, 0.1) is 0 Å². The summed E-state index contributed by atoms with van der Waals surface area (Å²) in [5, 5.41) is 13.7. The van der Waals surface area contributed by atoms with Crippen molar-refractivity contribution in [2.24, 2.45) is 5.10 Å². The van der Waals surface area contributed by atoms with Crippen LogP contribution < -0.4 is 10.2 Å². The second-order valence-corrected chi connectivity index (χ2v) is 7.57. The summed E-state index contributed by atoms with van der Waals surface area (Å²) in [4.78, 5) is 12.2. The Morgan fingerprint density at radius 2 is 1.79 bits per heavy atom. The predicted octanol–water partition coefficient (Wildman–Crippen LogP) is 5.26. The number of nitrogens with one attached hydrogen (secondary N) is 1. The Kier molecular flexibility index (Phi) is 6.84. The summed E-state index contributed by atoms with van der Waals surface area (Å²) in [7, 11) is 0. The number of rotatable bonds is 6. The number of para-hydroxylation sites is 1. The van der Waals surface area contributed by atoms with Crippen LogP contribution in [0.2, 0.25) is 0 Å². The van der Waals surface area contributed by atoms with Gasteiger partial charge in [-0.2, -0.15) is 5.10 Å². The minimum Gasteiger partial charge on any atom is -0.507 e. The van der Waals surface area contributed by atoms with Gasteiger partial charge in [0, 0.05) is 10.0 Å². The number of nitrogens with zero attached hydrogens (tertiary/aromatic N) is 1. The van der Waals surface area contributed by atoms with E-state index in [0.717, 1.165) is 14.5 Å². The molecule has 0 atom stereocenters. The van der Waals surface area contributed by atoms with E-state index in [4.69, 9.17) is 4.74 Å². The van der Waals surface area contributed by atoms with E-state index in [1.807, 2.05) is 42.5 Å². The monoisotopic (exact) mass is 502 g/mol. The lowest BCUT2D eigenvalue weighted by atomic mass is 10.2. The minimum atomic E-state index is -0.504. The van der Waals surface area contributed by atoms with Crippen molar-refractivity contribution < 1.29 is 14.6 Å². The van der Waals surface area contributed by atoms with Crippen molar-refractivity contribution in [2.75, 3.05) is 0 Å². The SMILES string of the molecule is O=C(N/N=C\c1cc(Br)cc(Br)c1OCc1ccccc1)c1ccccc1O. The fourth-order valence-electron chi connectivity index (χ4n) is 2.44. The third-order valence-corrected chi connectivity index (χ3v) is 4.83. The van der Waals surface area contributed by atoms with E-state index >= 15 is 0 Å². The van der Waals surface area contributed by atoms with Gasteiger partial charge >= 0.3 is 0 Å². The smallest absolute Gasteiger partial charge is 0.275 e. The van der Waals surface area contributed by atoms with E-state index in [2.05, 4.69) is 42.4 Å². The summed E-state index contributed by atoms with van der Waals surface area (Å²) in [6.07, 6.45) is 1.49. The summed E-state index contributed by atoms with van der Waals surface area (Å²) >= 11 is 6.94. The Bertz CT molecular complexity index is 1010. The Morgan fingerprint density at radius 3 is 2.54 bits per heavy atom. The van der Waals surface area contributed by atoms with Crippen LogP contribution >= 0.6 is 31.9 Å². The van der Waals surface area contributed by atoms with Crippen LogP contribution in [0.25, 0.3) is 0 Å². The van der Waals surface area contributed by atoms with E-state index in [-0.39, 0.29) is 11.3 Å². The van der Waals surface area contributed by atoms with Gasteiger partial charge in [-0.3, -0.25) is 4.79 Å². The maximum absolute atomic E-state index is 12.2. The van der Waals surface area contributed by atoms with Gasteiger partial charge in [0.15, 0.2) is 0 Å². The lowest BCUT2D eigenvalue weighted by molar-refractivity contribution is 0.0952. The average molecular weight is 504 g/mol. The molecule has 5 nitrogen and oxygen atoms in total. The van der Waals surface area contributed by atoms with Crippen LogP contribution in [0.1, 0.15) is 21.5 Å². The number of hydrogen-bond donors (Lipinski definition) is 2. The fraction of sp³-hybridized carbons (Fsp3) is 0.0476. The van der Waals surface area contributed by atoms with Crippen molar-refractivity contribution >= 4 is 44.0 Å². The highest BCUT2D eigenvalue weighted by atomic mass is 79.9. The van der Waals surface area contributed by atoms with Gasteiger partial charge in [0.25, 0.3) is 5.91 Å². The van der Waals surface area contributed by atoms with Crippen molar-refractivity contribution in [3.8, 4) is 11.5 Å². The number of halogens is 2. The molecule has 7 heteroatoms. The number of benzene rings is 3. The highest BCUT2D eigenvalue weighted by Crippen LogP contribution is 2.32. The Labute approximate surface area is 179 Å². The van der Waals surface area contributed by atoms with Gasteiger partial charge in [0.05, 0.1) is 16.3 Å². The standard InChI is InChI=1S/C21H16Br2N2O3/c22-16-10-15(12-24-25-21(27)17-8-4-5-9-19(17)26)20(18(23)11-16)28-13-14-6-2-1-3-7-14/h1-12,26H,13H2,(H,25,27)/b24-12-. The van der Waals surface area contributed by atoms with Gasteiger partial charge < -0.3 is 9.84 Å². The van der Waals surface area contributed by atoms with Gasteiger partial charge in [-0.15, -0.1) is 0 Å².